The standard InChI is InChI=1S/C8H8N2O/c1-5-3-7(4-9)8(11)10-6(5)2/h3,7H,1-2H3/t7-/m0/s1. The Morgan fingerprint density at radius 3 is 2.82 bits per heavy atom. The normalized spacial score (nSPS) is 23.7. The second-order valence-corrected chi connectivity index (χ2v) is 2.49. The van der Waals surface area contributed by atoms with Gasteiger partial charge in [-0.25, -0.2) is 4.99 Å². The lowest BCUT2D eigenvalue weighted by atomic mass is 10.0. The number of nitrogens with zero attached hydrogens (tertiary/aromatic N) is 2. The molecule has 0 saturated heterocycles. The van der Waals surface area contributed by atoms with Crippen LogP contribution in [0.1, 0.15) is 13.8 Å². The fourth-order valence-corrected chi connectivity index (χ4v) is 0.857. The van der Waals surface area contributed by atoms with Crippen molar-refractivity contribution >= 4 is 11.6 Å². The van der Waals surface area contributed by atoms with E-state index in [4.69, 9.17) is 5.26 Å². The van der Waals surface area contributed by atoms with Gasteiger partial charge >= 0.3 is 0 Å². The molecular weight excluding hydrogens is 140 g/mol. The SMILES string of the molecule is CC1=C[C@@H](C#N)C(=O)N=C1C. The first kappa shape index (κ1) is 7.67. The van der Waals surface area contributed by atoms with Crippen molar-refractivity contribution in [3.8, 4) is 6.07 Å². The number of amides is 1. The van der Waals surface area contributed by atoms with Crippen LogP contribution in [-0.4, -0.2) is 11.6 Å². The summed E-state index contributed by atoms with van der Waals surface area (Å²) in [5.74, 6) is -1.02. The van der Waals surface area contributed by atoms with E-state index in [1.165, 1.54) is 0 Å². The van der Waals surface area contributed by atoms with Crippen LogP contribution in [0, 0.1) is 17.2 Å². The van der Waals surface area contributed by atoms with Crippen LogP contribution in [0.25, 0.3) is 0 Å². The first-order chi connectivity index (χ1) is 5.15. The third-order valence-electron chi connectivity index (χ3n) is 1.67. The van der Waals surface area contributed by atoms with Crippen molar-refractivity contribution in [2.45, 2.75) is 13.8 Å². The molecule has 3 heteroatoms. The molecule has 1 rings (SSSR count). The number of dihydropyridines is 1. The van der Waals surface area contributed by atoms with E-state index >= 15 is 0 Å². The first-order valence-corrected chi connectivity index (χ1v) is 3.32. The van der Waals surface area contributed by atoms with Crippen LogP contribution in [0.5, 0.6) is 0 Å². The van der Waals surface area contributed by atoms with Crippen LogP contribution in [0.3, 0.4) is 0 Å². The summed E-state index contributed by atoms with van der Waals surface area (Å²) in [6.07, 6.45) is 1.64. The topological polar surface area (TPSA) is 53.2 Å². The lowest BCUT2D eigenvalue weighted by Gasteiger charge is -2.08. The zero-order valence-electron chi connectivity index (χ0n) is 6.46. The van der Waals surface area contributed by atoms with E-state index in [-0.39, 0.29) is 5.91 Å². The largest absolute Gasteiger partial charge is 0.271 e. The van der Waals surface area contributed by atoms with E-state index in [2.05, 4.69) is 4.99 Å². The predicted molar refractivity (Wildman–Crippen MR) is 41.0 cm³/mol. The van der Waals surface area contributed by atoms with Crippen LogP contribution >= 0.6 is 0 Å². The molecule has 0 unspecified atom stereocenters. The molecule has 3 nitrogen and oxygen atoms in total. The lowest BCUT2D eigenvalue weighted by molar-refractivity contribution is -0.118. The number of aliphatic imine (C=N–C) groups is 1. The molecule has 0 aromatic rings. The van der Waals surface area contributed by atoms with Gasteiger partial charge < -0.3 is 0 Å². The highest BCUT2D eigenvalue weighted by molar-refractivity contribution is 6.08. The minimum Gasteiger partial charge on any atom is -0.271 e. The number of carbonyl (C=O) groups excluding carboxylic acids is 1. The Kier molecular flexibility index (Phi) is 1.86. The monoisotopic (exact) mass is 148 g/mol. The number of nitriles is 1. The summed E-state index contributed by atoms with van der Waals surface area (Å²) >= 11 is 0. The van der Waals surface area contributed by atoms with Gasteiger partial charge in [-0.1, -0.05) is 6.08 Å². The maximum absolute atomic E-state index is 10.9. The summed E-state index contributed by atoms with van der Waals surface area (Å²) in [4.78, 5) is 14.6. The van der Waals surface area contributed by atoms with Crippen molar-refractivity contribution in [3.05, 3.63) is 11.6 Å². The van der Waals surface area contributed by atoms with Gasteiger partial charge in [0.05, 0.1) is 6.07 Å². The van der Waals surface area contributed by atoms with E-state index in [9.17, 15) is 4.79 Å². The highest BCUT2D eigenvalue weighted by Gasteiger charge is 2.19. The fourth-order valence-electron chi connectivity index (χ4n) is 0.857. The number of rotatable bonds is 0. The molecule has 1 heterocycles. The van der Waals surface area contributed by atoms with Crippen LogP contribution in [0.15, 0.2) is 16.6 Å². The molecule has 1 amide bonds. The smallest absolute Gasteiger partial charge is 0.267 e. The maximum Gasteiger partial charge on any atom is 0.267 e. The summed E-state index contributed by atoms with van der Waals surface area (Å²) in [5, 5.41) is 8.48. The summed E-state index contributed by atoms with van der Waals surface area (Å²) in [6.45, 7) is 3.60. The van der Waals surface area contributed by atoms with Crippen LogP contribution in [0.4, 0.5) is 0 Å². The van der Waals surface area contributed by atoms with Crippen molar-refractivity contribution in [2.75, 3.05) is 0 Å². The van der Waals surface area contributed by atoms with E-state index in [1.54, 1.807) is 13.0 Å². The molecule has 0 aromatic heterocycles. The van der Waals surface area contributed by atoms with Gasteiger partial charge in [-0.3, -0.25) is 4.79 Å². The molecule has 0 fully saturated rings. The fraction of sp³-hybridized carbons (Fsp3) is 0.375. The molecule has 0 N–H and O–H groups in total. The van der Waals surface area contributed by atoms with Gasteiger partial charge in [0.2, 0.25) is 0 Å². The van der Waals surface area contributed by atoms with Gasteiger partial charge in [-0.05, 0) is 19.4 Å². The molecule has 0 aliphatic carbocycles. The highest BCUT2D eigenvalue weighted by Crippen LogP contribution is 2.12. The third kappa shape index (κ3) is 1.35. The lowest BCUT2D eigenvalue weighted by Crippen LogP contribution is -2.16. The molecule has 0 saturated carbocycles. The van der Waals surface area contributed by atoms with E-state index in [1.807, 2.05) is 13.0 Å². The Hall–Kier alpha value is -1.43. The average molecular weight is 148 g/mol. The molecule has 0 spiro atoms. The second kappa shape index (κ2) is 2.67. The van der Waals surface area contributed by atoms with Gasteiger partial charge in [0, 0.05) is 5.71 Å². The van der Waals surface area contributed by atoms with Crippen molar-refractivity contribution < 1.29 is 4.79 Å². The van der Waals surface area contributed by atoms with E-state index in [0.717, 1.165) is 5.57 Å². The van der Waals surface area contributed by atoms with Gasteiger partial charge in [0.1, 0.15) is 5.92 Å². The zero-order chi connectivity index (χ0) is 8.43. The van der Waals surface area contributed by atoms with Crippen molar-refractivity contribution in [3.63, 3.8) is 0 Å². The van der Waals surface area contributed by atoms with Crippen molar-refractivity contribution in [1.82, 2.24) is 0 Å². The highest BCUT2D eigenvalue weighted by atomic mass is 16.1. The molecule has 0 aromatic carbocycles. The van der Waals surface area contributed by atoms with Gasteiger partial charge in [0.25, 0.3) is 5.91 Å². The molecule has 1 aliphatic rings. The minimum atomic E-state index is -0.668. The number of allylic oxidation sites excluding steroid dienone is 1. The van der Waals surface area contributed by atoms with Gasteiger partial charge in [-0.2, -0.15) is 5.26 Å². The van der Waals surface area contributed by atoms with Crippen LogP contribution < -0.4 is 0 Å². The minimum absolute atomic E-state index is 0.351. The Balaban J connectivity index is 3.00. The Morgan fingerprint density at radius 2 is 2.27 bits per heavy atom. The Bertz CT molecular complexity index is 294. The van der Waals surface area contributed by atoms with Crippen molar-refractivity contribution in [2.24, 2.45) is 10.9 Å². The summed E-state index contributed by atoms with van der Waals surface area (Å²) < 4.78 is 0. The number of hydrogen-bond acceptors (Lipinski definition) is 2. The first-order valence-electron chi connectivity index (χ1n) is 3.32. The average Bonchev–Trinajstić information content (AvgIpc) is 1.97. The molecule has 56 valence electrons. The maximum atomic E-state index is 10.9. The number of carbonyl (C=O) groups is 1. The van der Waals surface area contributed by atoms with E-state index in [0.29, 0.717) is 5.71 Å². The predicted octanol–water partition coefficient (Wildman–Crippen LogP) is 1.07. The Morgan fingerprint density at radius 1 is 1.64 bits per heavy atom. The zero-order valence-corrected chi connectivity index (χ0v) is 6.46. The van der Waals surface area contributed by atoms with Gasteiger partial charge in [-0.15, -0.1) is 0 Å². The summed E-state index contributed by atoms with van der Waals surface area (Å²) in [7, 11) is 0. The van der Waals surface area contributed by atoms with Crippen molar-refractivity contribution in [1.29, 1.82) is 5.26 Å². The summed E-state index contributed by atoms with van der Waals surface area (Å²) in [5.41, 5.74) is 1.62. The van der Waals surface area contributed by atoms with E-state index < -0.39 is 5.92 Å². The summed E-state index contributed by atoms with van der Waals surface area (Å²) in [6, 6.07) is 1.87. The quantitative estimate of drug-likeness (QED) is 0.516. The molecule has 1 atom stereocenters. The number of hydrogen-bond donors (Lipinski definition) is 0. The molecule has 11 heavy (non-hydrogen) atoms. The second-order valence-electron chi connectivity index (χ2n) is 2.49. The molecular formula is C8H8N2O. The Labute approximate surface area is 65.0 Å². The third-order valence-corrected chi connectivity index (χ3v) is 1.67. The van der Waals surface area contributed by atoms with Crippen LogP contribution in [-0.2, 0) is 4.79 Å². The van der Waals surface area contributed by atoms with Crippen LogP contribution in [0.2, 0.25) is 0 Å². The molecule has 0 bridgehead atoms. The van der Waals surface area contributed by atoms with Gasteiger partial charge in [0.15, 0.2) is 0 Å². The molecule has 1 aliphatic heterocycles. The molecule has 0 radical (unpaired) electrons.